The number of imidazole rings is 1. The standard InChI is InChI=1S/C29H30N6O/c1-2-3-14-34-27(16-20-8-4-5-9-23(31)15-20)33-26-18-32-35(29(36)28(26)34)19-22-13-12-21(17-30)24-10-6-7-11-25(22)24/h6-7,10-13,18,20,23H,4-5,8-9,14-16,19,31H2,1H3/t20-,23?/m0/s1. The smallest absolute Gasteiger partial charge is 0.293 e. The second-order valence-electron chi connectivity index (χ2n) is 9.66. The van der Waals surface area contributed by atoms with E-state index in [0.717, 1.165) is 47.8 Å². The van der Waals surface area contributed by atoms with Crippen molar-refractivity contribution in [1.29, 1.82) is 5.26 Å². The van der Waals surface area contributed by atoms with Crippen LogP contribution >= 0.6 is 0 Å². The topological polar surface area (TPSA) is 103 Å². The zero-order valence-corrected chi connectivity index (χ0v) is 20.6. The summed E-state index contributed by atoms with van der Waals surface area (Å²) in [6, 6.07) is 14.0. The summed E-state index contributed by atoms with van der Waals surface area (Å²) in [4.78, 5) is 18.5. The Bertz CT molecular complexity index is 1580. The predicted molar refractivity (Wildman–Crippen MR) is 141 cm³/mol. The van der Waals surface area contributed by atoms with Gasteiger partial charge in [-0.1, -0.05) is 49.1 Å². The van der Waals surface area contributed by atoms with E-state index in [9.17, 15) is 10.1 Å². The average molecular weight is 479 g/mol. The Kier molecular flexibility index (Phi) is 6.84. The van der Waals surface area contributed by atoms with Crippen molar-refractivity contribution in [3.05, 3.63) is 69.9 Å². The van der Waals surface area contributed by atoms with E-state index in [1.54, 1.807) is 19.2 Å². The van der Waals surface area contributed by atoms with Crippen molar-refractivity contribution >= 4 is 21.8 Å². The van der Waals surface area contributed by atoms with E-state index < -0.39 is 0 Å². The van der Waals surface area contributed by atoms with Crippen LogP contribution in [0.15, 0.2) is 47.4 Å². The minimum absolute atomic E-state index is 0.185. The van der Waals surface area contributed by atoms with Crippen molar-refractivity contribution in [3.8, 4) is 17.9 Å². The minimum atomic E-state index is -0.185. The largest absolute Gasteiger partial charge is 0.328 e. The number of benzene rings is 2. The Morgan fingerprint density at radius 1 is 1.14 bits per heavy atom. The van der Waals surface area contributed by atoms with Gasteiger partial charge in [-0.2, -0.15) is 10.4 Å². The highest BCUT2D eigenvalue weighted by Gasteiger charge is 2.22. The number of hydrogen-bond donors (Lipinski definition) is 1. The number of nitrogens with zero attached hydrogens (tertiary/aromatic N) is 5. The third-order valence-corrected chi connectivity index (χ3v) is 7.24. The molecule has 2 N–H and O–H groups in total. The number of nitrogens with two attached hydrogens (primary N) is 1. The van der Waals surface area contributed by atoms with E-state index in [-0.39, 0.29) is 11.6 Å². The molecule has 2 atom stereocenters. The summed E-state index contributed by atoms with van der Waals surface area (Å²) in [6.07, 6.45) is 8.01. The van der Waals surface area contributed by atoms with Gasteiger partial charge in [-0.25, -0.2) is 9.67 Å². The highest BCUT2D eigenvalue weighted by Crippen LogP contribution is 2.27. The van der Waals surface area contributed by atoms with E-state index >= 15 is 0 Å². The van der Waals surface area contributed by atoms with Gasteiger partial charge in [-0.15, -0.1) is 5.92 Å². The van der Waals surface area contributed by atoms with Gasteiger partial charge in [0.15, 0.2) is 0 Å². The van der Waals surface area contributed by atoms with Gasteiger partial charge >= 0.3 is 0 Å². The summed E-state index contributed by atoms with van der Waals surface area (Å²) in [5.74, 6) is 7.41. The van der Waals surface area contributed by atoms with E-state index in [1.165, 1.54) is 17.5 Å². The molecule has 2 aromatic carbocycles. The Labute approximate surface area is 210 Å². The number of rotatable bonds is 5. The van der Waals surface area contributed by atoms with E-state index in [4.69, 9.17) is 10.7 Å². The molecule has 1 fully saturated rings. The van der Waals surface area contributed by atoms with Crippen LogP contribution in [0.2, 0.25) is 0 Å². The van der Waals surface area contributed by atoms with Crippen LogP contribution < -0.4 is 11.3 Å². The first-order valence-corrected chi connectivity index (χ1v) is 12.6. The van der Waals surface area contributed by atoms with Gasteiger partial charge in [0.25, 0.3) is 5.56 Å². The number of aromatic nitrogens is 4. The fourth-order valence-electron chi connectivity index (χ4n) is 5.44. The van der Waals surface area contributed by atoms with Gasteiger partial charge in [0.2, 0.25) is 0 Å². The maximum atomic E-state index is 13.7. The molecule has 1 saturated carbocycles. The van der Waals surface area contributed by atoms with Gasteiger partial charge < -0.3 is 10.3 Å². The third-order valence-electron chi connectivity index (χ3n) is 7.24. The highest BCUT2D eigenvalue weighted by atomic mass is 16.1. The predicted octanol–water partition coefficient (Wildman–Crippen LogP) is 4.14. The van der Waals surface area contributed by atoms with E-state index in [1.807, 2.05) is 34.9 Å². The quantitative estimate of drug-likeness (QED) is 0.343. The van der Waals surface area contributed by atoms with Crippen molar-refractivity contribution in [1.82, 2.24) is 19.3 Å². The molecule has 0 saturated heterocycles. The number of hydrogen-bond acceptors (Lipinski definition) is 5. The lowest BCUT2D eigenvalue weighted by molar-refractivity contribution is 0.418. The monoisotopic (exact) mass is 478 g/mol. The summed E-state index contributed by atoms with van der Waals surface area (Å²) >= 11 is 0. The lowest BCUT2D eigenvalue weighted by Gasteiger charge is -2.17. The molecule has 0 amide bonds. The van der Waals surface area contributed by atoms with Crippen LogP contribution in [-0.4, -0.2) is 25.4 Å². The molecule has 2 aromatic heterocycles. The molecule has 0 bridgehead atoms. The molecule has 7 heteroatoms. The van der Waals surface area contributed by atoms with Crippen LogP contribution in [0, 0.1) is 29.1 Å². The minimum Gasteiger partial charge on any atom is -0.328 e. The van der Waals surface area contributed by atoms with Gasteiger partial charge in [-0.3, -0.25) is 4.79 Å². The van der Waals surface area contributed by atoms with Crippen LogP contribution in [0.5, 0.6) is 0 Å². The SMILES string of the molecule is CC#CCn1c(C[C@H]2CCCCC(N)C2)nc2cnn(Cc3ccc(C#N)c4ccccc34)c(=O)c21. The first kappa shape index (κ1) is 23.8. The fourth-order valence-corrected chi connectivity index (χ4v) is 5.44. The van der Waals surface area contributed by atoms with Crippen LogP contribution in [-0.2, 0) is 19.5 Å². The third kappa shape index (κ3) is 4.63. The fraction of sp³-hybridized carbons (Fsp3) is 0.379. The highest BCUT2D eigenvalue weighted by molar-refractivity contribution is 5.90. The average Bonchev–Trinajstić information content (AvgIpc) is 3.10. The normalized spacial score (nSPS) is 17.9. The zero-order chi connectivity index (χ0) is 25.1. The van der Waals surface area contributed by atoms with Crippen molar-refractivity contribution < 1.29 is 0 Å². The molecule has 5 rings (SSSR count). The van der Waals surface area contributed by atoms with Crippen molar-refractivity contribution in [2.75, 3.05) is 0 Å². The lowest BCUT2D eigenvalue weighted by Crippen LogP contribution is -2.26. The maximum absolute atomic E-state index is 13.7. The molecule has 0 radical (unpaired) electrons. The van der Waals surface area contributed by atoms with Crippen molar-refractivity contribution in [2.24, 2.45) is 11.7 Å². The molecule has 1 aliphatic rings. The Morgan fingerprint density at radius 3 is 2.75 bits per heavy atom. The van der Waals surface area contributed by atoms with Crippen molar-refractivity contribution in [2.45, 2.75) is 64.6 Å². The Hall–Kier alpha value is -3.94. The van der Waals surface area contributed by atoms with Crippen LogP contribution in [0.1, 0.15) is 56.0 Å². The lowest BCUT2D eigenvalue weighted by atomic mass is 9.94. The van der Waals surface area contributed by atoms with Crippen molar-refractivity contribution in [3.63, 3.8) is 0 Å². The maximum Gasteiger partial charge on any atom is 0.293 e. The molecule has 1 aliphatic carbocycles. The molecule has 2 heterocycles. The van der Waals surface area contributed by atoms with Gasteiger partial charge in [0, 0.05) is 12.5 Å². The Balaban J connectivity index is 1.56. The first-order chi connectivity index (χ1) is 17.6. The summed E-state index contributed by atoms with van der Waals surface area (Å²) in [6.45, 7) is 2.53. The van der Waals surface area contributed by atoms with Gasteiger partial charge in [-0.05, 0) is 54.5 Å². The molecule has 7 nitrogen and oxygen atoms in total. The molecule has 182 valence electrons. The first-order valence-electron chi connectivity index (χ1n) is 12.6. The van der Waals surface area contributed by atoms with Gasteiger partial charge in [0.05, 0.1) is 30.9 Å². The van der Waals surface area contributed by atoms with Crippen LogP contribution in [0.4, 0.5) is 0 Å². The molecule has 1 unspecified atom stereocenters. The second-order valence-corrected chi connectivity index (χ2v) is 9.66. The summed E-state index contributed by atoms with van der Waals surface area (Å²) in [5.41, 5.74) is 8.83. The molecule has 0 spiro atoms. The molecular formula is C29H30N6O. The summed E-state index contributed by atoms with van der Waals surface area (Å²) < 4.78 is 3.46. The zero-order valence-electron chi connectivity index (χ0n) is 20.6. The van der Waals surface area contributed by atoms with Crippen LogP contribution in [0.3, 0.4) is 0 Å². The molecule has 0 aliphatic heterocycles. The molecular weight excluding hydrogens is 448 g/mol. The van der Waals surface area contributed by atoms with Crippen LogP contribution in [0.25, 0.3) is 21.8 Å². The Morgan fingerprint density at radius 2 is 1.94 bits per heavy atom. The van der Waals surface area contributed by atoms with E-state index in [0.29, 0.717) is 35.6 Å². The second kappa shape index (κ2) is 10.4. The number of nitriles is 1. The van der Waals surface area contributed by atoms with Gasteiger partial charge in [0.1, 0.15) is 16.9 Å². The number of fused-ring (bicyclic) bond motifs is 2. The summed E-state index contributed by atoms with van der Waals surface area (Å²) in [5, 5.41) is 15.8. The molecule has 4 aromatic rings. The molecule has 36 heavy (non-hydrogen) atoms. The summed E-state index contributed by atoms with van der Waals surface area (Å²) in [7, 11) is 0. The van der Waals surface area contributed by atoms with E-state index in [2.05, 4.69) is 23.0 Å².